The van der Waals surface area contributed by atoms with Crippen LogP contribution in [0.3, 0.4) is 0 Å². The van der Waals surface area contributed by atoms with Crippen LogP contribution in [0, 0.1) is 5.92 Å². The Labute approximate surface area is 43.7 Å². The average molecular weight is 98.1 g/mol. The second-order valence-corrected chi connectivity index (χ2v) is 2.63. The van der Waals surface area contributed by atoms with Gasteiger partial charge in [0.2, 0.25) is 0 Å². The molecule has 1 nitrogen and oxygen atoms in total. The Morgan fingerprint density at radius 1 is 1.29 bits per heavy atom. The Morgan fingerprint density at radius 3 is 2.43 bits per heavy atom. The van der Waals surface area contributed by atoms with Crippen LogP contribution in [0.2, 0.25) is 0 Å². The Bertz CT molecular complexity index is 62.2. The van der Waals surface area contributed by atoms with E-state index in [2.05, 4.69) is 0 Å². The lowest BCUT2D eigenvalue weighted by atomic mass is 10.1. The highest BCUT2D eigenvalue weighted by Crippen LogP contribution is 2.34. The van der Waals surface area contributed by atoms with Gasteiger partial charge in [0.1, 0.15) is 0 Å². The first-order valence-corrected chi connectivity index (χ1v) is 3.07. The zero-order valence-electron chi connectivity index (χ0n) is 4.39. The zero-order chi connectivity index (χ0) is 4.69. The number of hydrogen-bond acceptors (Lipinski definition) is 1. The molecular weight excluding hydrogens is 88.1 g/mol. The van der Waals surface area contributed by atoms with Crippen LogP contribution in [0.25, 0.3) is 0 Å². The molecule has 0 aromatic rings. The van der Waals surface area contributed by atoms with E-state index in [9.17, 15) is 0 Å². The minimum absolute atomic E-state index is 0.671. The third kappa shape index (κ3) is 0.480. The minimum Gasteiger partial charge on any atom is -0.378 e. The van der Waals surface area contributed by atoms with Gasteiger partial charge in [-0.2, -0.15) is 0 Å². The van der Waals surface area contributed by atoms with E-state index in [0.29, 0.717) is 6.10 Å². The second-order valence-electron chi connectivity index (χ2n) is 2.63. The maximum Gasteiger partial charge on any atom is 0.0578 e. The smallest absolute Gasteiger partial charge is 0.0578 e. The molecule has 0 aromatic carbocycles. The van der Waals surface area contributed by atoms with Crippen LogP contribution >= 0.6 is 0 Å². The molecule has 0 radical (unpaired) electrons. The molecule has 1 saturated carbocycles. The fraction of sp³-hybridized carbons (Fsp3) is 1.00. The highest BCUT2D eigenvalue weighted by atomic mass is 16.5. The molecule has 2 rings (SSSR count). The van der Waals surface area contributed by atoms with Gasteiger partial charge < -0.3 is 4.74 Å². The normalized spacial score (nSPS) is 48.0. The van der Waals surface area contributed by atoms with Crippen molar-refractivity contribution >= 4 is 0 Å². The van der Waals surface area contributed by atoms with Crippen LogP contribution in [-0.4, -0.2) is 12.7 Å². The van der Waals surface area contributed by atoms with Gasteiger partial charge >= 0.3 is 0 Å². The highest BCUT2D eigenvalue weighted by Gasteiger charge is 2.31. The van der Waals surface area contributed by atoms with Crippen molar-refractivity contribution in [1.29, 1.82) is 0 Å². The lowest BCUT2D eigenvalue weighted by Gasteiger charge is -2.07. The molecule has 7 heavy (non-hydrogen) atoms. The van der Waals surface area contributed by atoms with Crippen molar-refractivity contribution < 1.29 is 4.74 Å². The van der Waals surface area contributed by atoms with Gasteiger partial charge in [-0.1, -0.05) is 0 Å². The second kappa shape index (κ2) is 1.22. The van der Waals surface area contributed by atoms with Gasteiger partial charge in [-0.05, 0) is 25.2 Å². The van der Waals surface area contributed by atoms with Crippen molar-refractivity contribution in [3.05, 3.63) is 0 Å². The van der Waals surface area contributed by atoms with Crippen molar-refractivity contribution in [2.24, 2.45) is 5.92 Å². The van der Waals surface area contributed by atoms with Crippen molar-refractivity contribution in [2.75, 3.05) is 6.61 Å². The number of rotatable bonds is 0. The standard InChI is InChI=1S/C6H10O/c1-2-6-3-5(1)4-7-6/h5-6H,1-4H2/t5?,6-/m0/s1. The summed E-state index contributed by atoms with van der Waals surface area (Å²) in [5.74, 6) is 0.949. The summed E-state index contributed by atoms with van der Waals surface area (Å²) in [5, 5.41) is 0. The number of ether oxygens (including phenoxy) is 1. The van der Waals surface area contributed by atoms with Crippen molar-refractivity contribution in [1.82, 2.24) is 0 Å². The predicted octanol–water partition coefficient (Wildman–Crippen LogP) is 1.19. The highest BCUT2D eigenvalue weighted by molar-refractivity contribution is 4.81. The molecule has 2 aliphatic rings. The van der Waals surface area contributed by atoms with E-state index in [0.717, 1.165) is 12.5 Å². The quantitative estimate of drug-likeness (QED) is 0.442. The van der Waals surface area contributed by atoms with Crippen molar-refractivity contribution in [3.63, 3.8) is 0 Å². The Hall–Kier alpha value is -0.0400. The maximum absolute atomic E-state index is 5.35. The molecule has 1 heterocycles. The summed E-state index contributed by atoms with van der Waals surface area (Å²) in [6, 6.07) is 0. The van der Waals surface area contributed by atoms with E-state index in [-0.39, 0.29) is 0 Å². The van der Waals surface area contributed by atoms with Gasteiger partial charge in [0.05, 0.1) is 6.10 Å². The molecule has 1 saturated heterocycles. The van der Waals surface area contributed by atoms with E-state index < -0.39 is 0 Å². The first kappa shape index (κ1) is 3.90. The molecule has 1 aliphatic carbocycles. The third-order valence-corrected chi connectivity index (χ3v) is 2.06. The molecule has 1 unspecified atom stereocenters. The van der Waals surface area contributed by atoms with Gasteiger partial charge in [-0.15, -0.1) is 0 Å². The minimum atomic E-state index is 0.671. The third-order valence-electron chi connectivity index (χ3n) is 2.06. The largest absolute Gasteiger partial charge is 0.378 e. The van der Waals surface area contributed by atoms with Gasteiger partial charge in [0, 0.05) is 6.61 Å². The van der Waals surface area contributed by atoms with Crippen LogP contribution in [0.1, 0.15) is 19.3 Å². The topological polar surface area (TPSA) is 9.23 Å². The molecule has 0 spiro atoms. The summed E-state index contributed by atoms with van der Waals surface area (Å²) in [4.78, 5) is 0. The Morgan fingerprint density at radius 2 is 2.29 bits per heavy atom. The summed E-state index contributed by atoms with van der Waals surface area (Å²) in [6.45, 7) is 1.06. The van der Waals surface area contributed by atoms with Crippen LogP contribution in [0.15, 0.2) is 0 Å². The molecule has 2 atom stereocenters. The van der Waals surface area contributed by atoms with Crippen molar-refractivity contribution in [2.45, 2.75) is 25.4 Å². The van der Waals surface area contributed by atoms with E-state index in [4.69, 9.17) is 4.74 Å². The summed E-state index contributed by atoms with van der Waals surface area (Å²) in [5.41, 5.74) is 0. The van der Waals surface area contributed by atoms with E-state index >= 15 is 0 Å². The van der Waals surface area contributed by atoms with Crippen LogP contribution in [0.4, 0.5) is 0 Å². The van der Waals surface area contributed by atoms with Gasteiger partial charge in [-0.25, -0.2) is 0 Å². The SMILES string of the molecule is C1C[C@H]2CC1CO2. The van der Waals surface area contributed by atoms with E-state index in [1.54, 1.807) is 0 Å². The molecular formula is C6H10O. The summed E-state index contributed by atoms with van der Waals surface area (Å²) in [7, 11) is 0. The first-order chi connectivity index (χ1) is 3.45. The predicted molar refractivity (Wildman–Crippen MR) is 27.1 cm³/mol. The molecule has 1 heteroatoms. The van der Waals surface area contributed by atoms with E-state index in [1.165, 1.54) is 19.3 Å². The van der Waals surface area contributed by atoms with Crippen LogP contribution < -0.4 is 0 Å². The van der Waals surface area contributed by atoms with Gasteiger partial charge in [-0.3, -0.25) is 0 Å². The lowest BCUT2D eigenvalue weighted by molar-refractivity contribution is 0.0775. The molecule has 0 aromatic heterocycles. The molecule has 2 fully saturated rings. The Balaban J connectivity index is 2.12. The molecule has 0 amide bonds. The molecule has 2 bridgehead atoms. The van der Waals surface area contributed by atoms with Gasteiger partial charge in [0.25, 0.3) is 0 Å². The number of fused-ring (bicyclic) bond motifs is 2. The monoisotopic (exact) mass is 98.1 g/mol. The fourth-order valence-corrected chi connectivity index (χ4v) is 1.60. The Kier molecular flexibility index (Phi) is 0.680. The summed E-state index contributed by atoms with van der Waals surface area (Å²) < 4.78 is 5.35. The average Bonchev–Trinajstić information content (AvgIpc) is 2.22. The van der Waals surface area contributed by atoms with Crippen LogP contribution in [-0.2, 0) is 4.74 Å². The first-order valence-electron chi connectivity index (χ1n) is 3.07. The summed E-state index contributed by atoms with van der Waals surface area (Å²) in [6.07, 6.45) is 4.81. The molecule has 1 aliphatic heterocycles. The molecule has 40 valence electrons. The number of hydrogen-bond donors (Lipinski definition) is 0. The maximum atomic E-state index is 5.35. The lowest BCUT2D eigenvalue weighted by Crippen LogP contribution is -2.05. The fourth-order valence-electron chi connectivity index (χ4n) is 1.60. The van der Waals surface area contributed by atoms with Crippen LogP contribution in [0.5, 0.6) is 0 Å². The molecule has 0 N–H and O–H groups in total. The zero-order valence-corrected chi connectivity index (χ0v) is 4.39. The van der Waals surface area contributed by atoms with Gasteiger partial charge in [0.15, 0.2) is 0 Å². The van der Waals surface area contributed by atoms with Crippen molar-refractivity contribution in [3.8, 4) is 0 Å². The van der Waals surface area contributed by atoms with E-state index in [1.807, 2.05) is 0 Å². The summed E-state index contributed by atoms with van der Waals surface area (Å²) >= 11 is 0.